The molecule has 128 valence electrons. The van der Waals surface area contributed by atoms with Crippen LogP contribution in [-0.4, -0.2) is 28.8 Å². The molecule has 1 heterocycles. The third-order valence-electron chi connectivity index (χ3n) is 4.77. The summed E-state index contributed by atoms with van der Waals surface area (Å²) in [6.07, 6.45) is 2.54. The lowest BCUT2D eigenvalue weighted by atomic mass is 9.81. The number of amides is 3. The van der Waals surface area contributed by atoms with Gasteiger partial charge in [0, 0.05) is 0 Å². The molecule has 1 saturated carbocycles. The Morgan fingerprint density at radius 2 is 1.67 bits per heavy atom. The number of hydrazine groups is 1. The number of carbonyl (C=O) groups is 3. The fourth-order valence-corrected chi connectivity index (χ4v) is 3.35. The van der Waals surface area contributed by atoms with Gasteiger partial charge in [0.15, 0.2) is 6.10 Å². The number of hydrogen-bond acceptors (Lipinski definition) is 4. The molecular weight excluding hydrogens is 308 g/mol. The van der Waals surface area contributed by atoms with E-state index in [2.05, 4.69) is 5.43 Å². The normalized spacial score (nSPS) is 24.5. The van der Waals surface area contributed by atoms with Crippen LogP contribution in [0.15, 0.2) is 24.3 Å². The second kappa shape index (κ2) is 6.63. The number of aryl methyl sites for hydroxylation is 1. The summed E-state index contributed by atoms with van der Waals surface area (Å²) < 4.78 is 5.57. The number of nitrogens with zero attached hydrogens (tertiary/aromatic N) is 1. The number of carbonyl (C=O) groups excluding carboxylic acids is 3. The van der Waals surface area contributed by atoms with Crippen molar-refractivity contribution in [3.63, 3.8) is 0 Å². The standard InChI is InChI=1S/C18H22N2O4/c1-11-7-9-13(10-8-11)24-12(2)16(21)19-20-17(22)14-5-3-4-6-15(14)18(20)23/h7-10,12,14-15H,3-6H2,1-2H3,(H,19,21)/t12-,14-,15-/m0/s1. The van der Waals surface area contributed by atoms with Crippen molar-refractivity contribution in [2.24, 2.45) is 11.8 Å². The highest BCUT2D eigenvalue weighted by Crippen LogP contribution is 2.37. The molecule has 0 spiro atoms. The predicted molar refractivity (Wildman–Crippen MR) is 86.7 cm³/mol. The number of rotatable bonds is 4. The molecule has 1 aromatic rings. The van der Waals surface area contributed by atoms with E-state index in [4.69, 9.17) is 4.74 Å². The van der Waals surface area contributed by atoms with Gasteiger partial charge in [0.05, 0.1) is 11.8 Å². The highest BCUT2D eigenvalue weighted by atomic mass is 16.5. The molecule has 3 rings (SSSR count). The van der Waals surface area contributed by atoms with Crippen molar-refractivity contribution in [3.8, 4) is 5.75 Å². The molecule has 1 aromatic carbocycles. The number of hydrogen-bond donors (Lipinski definition) is 1. The van der Waals surface area contributed by atoms with Gasteiger partial charge < -0.3 is 4.74 Å². The minimum atomic E-state index is -0.809. The van der Waals surface area contributed by atoms with Crippen LogP contribution in [0, 0.1) is 18.8 Å². The Labute approximate surface area is 141 Å². The SMILES string of the molecule is Cc1ccc(O[C@@H](C)C(=O)NN2C(=O)[C@H]3CCCC[C@@H]3C2=O)cc1. The van der Waals surface area contributed by atoms with Crippen LogP contribution < -0.4 is 10.2 Å². The third kappa shape index (κ3) is 3.13. The van der Waals surface area contributed by atoms with Crippen molar-refractivity contribution >= 4 is 17.7 Å². The van der Waals surface area contributed by atoms with Crippen LogP contribution in [0.1, 0.15) is 38.2 Å². The molecule has 0 aromatic heterocycles. The number of nitrogens with one attached hydrogen (secondary N) is 1. The summed E-state index contributed by atoms with van der Waals surface area (Å²) in [7, 11) is 0. The van der Waals surface area contributed by atoms with Crippen molar-refractivity contribution in [2.45, 2.75) is 45.6 Å². The van der Waals surface area contributed by atoms with Gasteiger partial charge in [0.1, 0.15) is 5.75 Å². The van der Waals surface area contributed by atoms with Gasteiger partial charge in [-0.1, -0.05) is 30.5 Å². The molecular formula is C18H22N2O4. The average Bonchev–Trinajstić information content (AvgIpc) is 2.82. The van der Waals surface area contributed by atoms with Crippen molar-refractivity contribution in [3.05, 3.63) is 29.8 Å². The molecule has 3 atom stereocenters. The van der Waals surface area contributed by atoms with Gasteiger partial charge in [0.25, 0.3) is 17.7 Å². The second-order valence-electron chi connectivity index (χ2n) is 6.56. The molecule has 24 heavy (non-hydrogen) atoms. The maximum absolute atomic E-state index is 12.4. The fourth-order valence-electron chi connectivity index (χ4n) is 3.35. The van der Waals surface area contributed by atoms with Gasteiger partial charge in [-0.15, -0.1) is 0 Å². The minimum Gasteiger partial charge on any atom is -0.481 e. The van der Waals surface area contributed by atoms with E-state index in [-0.39, 0.29) is 23.7 Å². The van der Waals surface area contributed by atoms with Crippen molar-refractivity contribution < 1.29 is 19.1 Å². The van der Waals surface area contributed by atoms with Gasteiger partial charge in [-0.2, -0.15) is 5.01 Å². The van der Waals surface area contributed by atoms with Gasteiger partial charge in [-0.05, 0) is 38.8 Å². The molecule has 2 aliphatic rings. The van der Waals surface area contributed by atoms with E-state index in [9.17, 15) is 14.4 Å². The van der Waals surface area contributed by atoms with Crippen molar-refractivity contribution in [1.82, 2.24) is 10.4 Å². The quantitative estimate of drug-likeness (QED) is 0.857. The molecule has 6 heteroatoms. The van der Waals surface area contributed by atoms with Gasteiger partial charge in [-0.25, -0.2) is 0 Å². The Morgan fingerprint density at radius 1 is 1.12 bits per heavy atom. The molecule has 0 unspecified atom stereocenters. The third-order valence-corrected chi connectivity index (χ3v) is 4.77. The number of imide groups is 1. The molecule has 0 bridgehead atoms. The average molecular weight is 330 g/mol. The van der Waals surface area contributed by atoms with Crippen molar-refractivity contribution in [2.75, 3.05) is 0 Å². The number of ether oxygens (including phenoxy) is 1. The summed E-state index contributed by atoms with van der Waals surface area (Å²) in [5, 5.41) is 0.901. The second-order valence-corrected chi connectivity index (χ2v) is 6.56. The molecule has 6 nitrogen and oxygen atoms in total. The Morgan fingerprint density at radius 3 is 2.21 bits per heavy atom. The topological polar surface area (TPSA) is 75.7 Å². The summed E-state index contributed by atoms with van der Waals surface area (Å²) in [5.74, 6) is -1.08. The van der Waals surface area contributed by atoms with E-state index in [1.165, 1.54) is 0 Å². The van der Waals surface area contributed by atoms with E-state index in [1.807, 2.05) is 19.1 Å². The summed E-state index contributed by atoms with van der Waals surface area (Å²) in [6, 6.07) is 7.33. The molecule has 0 radical (unpaired) electrons. The van der Waals surface area contributed by atoms with Crippen LogP contribution in [0.25, 0.3) is 0 Å². The fraction of sp³-hybridized carbons (Fsp3) is 0.500. The first kappa shape index (κ1) is 16.5. The van der Waals surface area contributed by atoms with Gasteiger partial charge in [0.2, 0.25) is 0 Å². The maximum atomic E-state index is 12.4. The van der Waals surface area contributed by atoms with Crippen LogP contribution in [0.2, 0.25) is 0 Å². The van der Waals surface area contributed by atoms with Crippen LogP contribution in [-0.2, 0) is 14.4 Å². The molecule has 1 N–H and O–H groups in total. The number of benzene rings is 1. The Kier molecular flexibility index (Phi) is 4.55. The van der Waals surface area contributed by atoms with Crippen molar-refractivity contribution in [1.29, 1.82) is 0 Å². The zero-order valence-electron chi connectivity index (χ0n) is 14.0. The van der Waals surface area contributed by atoms with E-state index in [0.29, 0.717) is 5.75 Å². The molecule has 1 saturated heterocycles. The Hall–Kier alpha value is -2.37. The zero-order valence-corrected chi connectivity index (χ0v) is 14.0. The van der Waals surface area contributed by atoms with Crippen LogP contribution >= 0.6 is 0 Å². The lowest BCUT2D eigenvalue weighted by molar-refractivity contribution is -0.151. The van der Waals surface area contributed by atoms with Crippen LogP contribution in [0.4, 0.5) is 0 Å². The van der Waals surface area contributed by atoms with E-state index < -0.39 is 12.0 Å². The molecule has 3 amide bonds. The molecule has 2 fully saturated rings. The first-order valence-electron chi connectivity index (χ1n) is 8.39. The molecule has 1 aliphatic heterocycles. The largest absolute Gasteiger partial charge is 0.481 e. The summed E-state index contributed by atoms with van der Waals surface area (Å²) in [4.78, 5) is 37.0. The predicted octanol–water partition coefficient (Wildman–Crippen LogP) is 1.97. The van der Waals surface area contributed by atoms with Gasteiger partial charge >= 0.3 is 0 Å². The van der Waals surface area contributed by atoms with E-state index in [0.717, 1.165) is 36.3 Å². The molecule has 1 aliphatic carbocycles. The monoisotopic (exact) mass is 330 g/mol. The lowest BCUT2D eigenvalue weighted by Gasteiger charge is -2.20. The van der Waals surface area contributed by atoms with Crippen LogP contribution in [0.5, 0.6) is 5.75 Å². The summed E-state index contributed by atoms with van der Waals surface area (Å²) in [5.41, 5.74) is 3.53. The van der Waals surface area contributed by atoms with Gasteiger partial charge in [-0.3, -0.25) is 19.8 Å². The Balaban J connectivity index is 1.62. The minimum absolute atomic E-state index is 0.278. The first-order chi connectivity index (χ1) is 11.5. The number of fused-ring (bicyclic) bond motifs is 1. The van der Waals surface area contributed by atoms with E-state index in [1.54, 1.807) is 19.1 Å². The smallest absolute Gasteiger partial charge is 0.279 e. The van der Waals surface area contributed by atoms with E-state index >= 15 is 0 Å². The highest BCUT2D eigenvalue weighted by Gasteiger charge is 2.49. The maximum Gasteiger partial charge on any atom is 0.279 e. The Bertz CT molecular complexity index is 631. The summed E-state index contributed by atoms with van der Waals surface area (Å²) >= 11 is 0. The van der Waals surface area contributed by atoms with Crippen LogP contribution in [0.3, 0.4) is 0 Å². The zero-order chi connectivity index (χ0) is 17.3. The first-order valence-corrected chi connectivity index (χ1v) is 8.39. The summed E-state index contributed by atoms with van der Waals surface area (Å²) in [6.45, 7) is 3.55. The highest BCUT2D eigenvalue weighted by molar-refractivity contribution is 6.06. The lowest BCUT2D eigenvalue weighted by Crippen LogP contribution is -2.50.